The van der Waals surface area contributed by atoms with Crippen LogP contribution in [0, 0.1) is 5.41 Å². The number of aliphatic carboxylic acids is 1. The summed E-state index contributed by atoms with van der Waals surface area (Å²) in [5.41, 5.74) is -1.14. The van der Waals surface area contributed by atoms with E-state index in [0.29, 0.717) is 0 Å². The largest absolute Gasteiger partial charge is 0.481 e. The van der Waals surface area contributed by atoms with Crippen LogP contribution in [0.25, 0.3) is 0 Å². The fourth-order valence-corrected chi connectivity index (χ4v) is 1.44. The first-order valence-electron chi connectivity index (χ1n) is 6.24. The first kappa shape index (κ1) is 15.4. The van der Waals surface area contributed by atoms with Crippen LogP contribution >= 0.6 is 0 Å². The average Bonchev–Trinajstić information content (AvgIpc) is 2.16. The number of unbranched alkanes of at least 4 members (excludes halogenated alkanes) is 3. The van der Waals surface area contributed by atoms with Crippen molar-refractivity contribution in [3.05, 3.63) is 0 Å². The maximum absolute atomic E-state index is 11.2. The highest BCUT2D eigenvalue weighted by molar-refractivity contribution is 5.75. The van der Waals surface area contributed by atoms with Crippen molar-refractivity contribution >= 4 is 5.97 Å². The standard InChI is InChI=1S/C13H27NO2/c1-6-7-8-9-10-14-13(4,5)12(2,3)11(15)16/h14H,6-10H2,1-5H3,(H,15,16). The van der Waals surface area contributed by atoms with Gasteiger partial charge in [-0.1, -0.05) is 26.2 Å². The van der Waals surface area contributed by atoms with Crippen LogP contribution in [-0.2, 0) is 4.79 Å². The molecular formula is C13H27NO2. The zero-order valence-electron chi connectivity index (χ0n) is 11.4. The Balaban J connectivity index is 4.09. The molecule has 0 aliphatic heterocycles. The van der Waals surface area contributed by atoms with Gasteiger partial charge in [0.05, 0.1) is 5.41 Å². The van der Waals surface area contributed by atoms with Gasteiger partial charge in [0.1, 0.15) is 0 Å². The van der Waals surface area contributed by atoms with Crippen LogP contribution in [0.4, 0.5) is 0 Å². The molecule has 2 N–H and O–H groups in total. The molecule has 16 heavy (non-hydrogen) atoms. The van der Waals surface area contributed by atoms with E-state index in [0.717, 1.165) is 13.0 Å². The molecule has 96 valence electrons. The molecule has 0 radical (unpaired) electrons. The van der Waals surface area contributed by atoms with E-state index in [1.165, 1.54) is 19.3 Å². The topological polar surface area (TPSA) is 49.3 Å². The molecule has 0 spiro atoms. The number of carbonyl (C=O) groups is 1. The highest BCUT2D eigenvalue weighted by Crippen LogP contribution is 2.30. The van der Waals surface area contributed by atoms with Gasteiger partial charge in [-0.3, -0.25) is 4.79 Å². The molecule has 0 aliphatic rings. The predicted molar refractivity (Wildman–Crippen MR) is 67.6 cm³/mol. The molecule has 3 heteroatoms. The van der Waals surface area contributed by atoms with E-state index in [4.69, 9.17) is 0 Å². The molecule has 3 nitrogen and oxygen atoms in total. The molecule has 0 heterocycles. The molecule has 0 bridgehead atoms. The van der Waals surface area contributed by atoms with Gasteiger partial charge in [0.25, 0.3) is 0 Å². The third-order valence-corrected chi connectivity index (χ3v) is 3.69. The van der Waals surface area contributed by atoms with E-state index in [9.17, 15) is 9.90 Å². The number of carboxylic acids is 1. The van der Waals surface area contributed by atoms with Crippen molar-refractivity contribution in [2.45, 2.75) is 65.8 Å². The normalized spacial score (nSPS) is 12.8. The van der Waals surface area contributed by atoms with Crippen molar-refractivity contribution in [3.8, 4) is 0 Å². The van der Waals surface area contributed by atoms with Gasteiger partial charge in [-0.25, -0.2) is 0 Å². The van der Waals surface area contributed by atoms with Gasteiger partial charge in [0.2, 0.25) is 0 Å². The zero-order valence-corrected chi connectivity index (χ0v) is 11.4. The third kappa shape index (κ3) is 4.12. The van der Waals surface area contributed by atoms with Gasteiger partial charge in [0, 0.05) is 5.54 Å². The lowest BCUT2D eigenvalue weighted by atomic mass is 9.74. The minimum Gasteiger partial charge on any atom is -0.481 e. The maximum atomic E-state index is 11.2. The molecule has 0 aromatic heterocycles. The van der Waals surface area contributed by atoms with E-state index in [-0.39, 0.29) is 5.54 Å². The lowest BCUT2D eigenvalue weighted by Crippen LogP contribution is -2.55. The van der Waals surface area contributed by atoms with Crippen molar-refractivity contribution in [3.63, 3.8) is 0 Å². The number of rotatable bonds is 8. The van der Waals surface area contributed by atoms with Crippen LogP contribution in [0.1, 0.15) is 60.3 Å². The molecular weight excluding hydrogens is 202 g/mol. The Bertz CT molecular complexity index is 222. The number of nitrogens with one attached hydrogen (secondary N) is 1. The molecule has 0 amide bonds. The lowest BCUT2D eigenvalue weighted by molar-refractivity contribution is -0.151. The molecule has 0 aromatic carbocycles. The van der Waals surface area contributed by atoms with Gasteiger partial charge >= 0.3 is 5.97 Å². The summed E-state index contributed by atoms with van der Waals surface area (Å²) in [6.07, 6.45) is 4.81. The quantitative estimate of drug-likeness (QED) is 0.629. The Kier molecular flexibility index (Phi) is 6.01. The van der Waals surface area contributed by atoms with Crippen LogP contribution in [0.5, 0.6) is 0 Å². The first-order valence-corrected chi connectivity index (χ1v) is 6.24. The maximum Gasteiger partial charge on any atom is 0.310 e. The second kappa shape index (κ2) is 6.24. The van der Waals surface area contributed by atoms with Crippen molar-refractivity contribution < 1.29 is 9.90 Å². The van der Waals surface area contributed by atoms with Gasteiger partial charge in [-0.15, -0.1) is 0 Å². The predicted octanol–water partition coefficient (Wildman–Crippen LogP) is 3.05. The van der Waals surface area contributed by atoms with Crippen molar-refractivity contribution in [2.75, 3.05) is 6.54 Å². The molecule has 0 aliphatic carbocycles. The molecule has 0 atom stereocenters. The SMILES string of the molecule is CCCCCCNC(C)(C)C(C)(C)C(=O)O. The van der Waals surface area contributed by atoms with Crippen LogP contribution in [-0.4, -0.2) is 23.2 Å². The van der Waals surface area contributed by atoms with E-state index in [1.54, 1.807) is 13.8 Å². The van der Waals surface area contributed by atoms with Crippen LogP contribution in [0.3, 0.4) is 0 Å². The van der Waals surface area contributed by atoms with E-state index < -0.39 is 11.4 Å². The fourth-order valence-electron chi connectivity index (χ4n) is 1.44. The smallest absolute Gasteiger partial charge is 0.310 e. The summed E-state index contributed by atoms with van der Waals surface area (Å²) in [5, 5.41) is 12.5. The minimum atomic E-state index is -0.752. The summed E-state index contributed by atoms with van der Waals surface area (Å²) < 4.78 is 0. The summed E-state index contributed by atoms with van der Waals surface area (Å²) in [6.45, 7) is 10.5. The molecule has 0 unspecified atom stereocenters. The third-order valence-electron chi connectivity index (χ3n) is 3.69. The van der Waals surface area contributed by atoms with Gasteiger partial charge in [-0.2, -0.15) is 0 Å². The Morgan fingerprint density at radius 3 is 2.12 bits per heavy atom. The summed E-state index contributed by atoms with van der Waals surface area (Å²) in [4.78, 5) is 11.2. The number of hydrogen-bond acceptors (Lipinski definition) is 2. The molecule has 0 saturated carbocycles. The van der Waals surface area contributed by atoms with Gasteiger partial charge in [0.15, 0.2) is 0 Å². The van der Waals surface area contributed by atoms with Crippen molar-refractivity contribution in [1.29, 1.82) is 0 Å². The Hall–Kier alpha value is -0.570. The second-order valence-electron chi connectivity index (χ2n) is 5.54. The van der Waals surface area contributed by atoms with E-state index >= 15 is 0 Å². The Labute approximate surface area is 99.6 Å². The summed E-state index contributed by atoms with van der Waals surface area (Å²) >= 11 is 0. The highest BCUT2D eigenvalue weighted by Gasteiger charge is 2.42. The van der Waals surface area contributed by atoms with Crippen molar-refractivity contribution in [2.24, 2.45) is 5.41 Å². The lowest BCUT2D eigenvalue weighted by Gasteiger charge is -2.39. The minimum absolute atomic E-state index is 0.384. The highest BCUT2D eigenvalue weighted by atomic mass is 16.4. The molecule has 0 saturated heterocycles. The molecule has 0 fully saturated rings. The molecule has 0 aromatic rings. The summed E-state index contributed by atoms with van der Waals surface area (Å²) in [7, 11) is 0. The van der Waals surface area contributed by atoms with Gasteiger partial charge < -0.3 is 10.4 Å². The monoisotopic (exact) mass is 229 g/mol. The van der Waals surface area contributed by atoms with Crippen LogP contribution in [0.2, 0.25) is 0 Å². The second-order valence-corrected chi connectivity index (χ2v) is 5.54. The fraction of sp³-hybridized carbons (Fsp3) is 0.923. The first-order chi connectivity index (χ1) is 7.25. The van der Waals surface area contributed by atoms with Crippen LogP contribution < -0.4 is 5.32 Å². The van der Waals surface area contributed by atoms with Crippen LogP contribution in [0.15, 0.2) is 0 Å². The van der Waals surface area contributed by atoms with E-state index in [1.807, 2.05) is 13.8 Å². The van der Waals surface area contributed by atoms with E-state index in [2.05, 4.69) is 12.2 Å². The summed E-state index contributed by atoms with van der Waals surface area (Å²) in [6, 6.07) is 0. The summed E-state index contributed by atoms with van der Waals surface area (Å²) in [5.74, 6) is -0.751. The van der Waals surface area contributed by atoms with Gasteiger partial charge in [-0.05, 0) is 40.7 Å². The van der Waals surface area contributed by atoms with Crippen molar-refractivity contribution in [1.82, 2.24) is 5.32 Å². The number of hydrogen-bond donors (Lipinski definition) is 2. The average molecular weight is 229 g/mol. The zero-order chi connectivity index (χ0) is 12.8. The Morgan fingerprint density at radius 2 is 1.69 bits per heavy atom. The Morgan fingerprint density at radius 1 is 1.12 bits per heavy atom. The molecule has 0 rings (SSSR count). The number of carboxylic acid groups (broad SMARTS) is 1.